The van der Waals surface area contributed by atoms with Crippen molar-refractivity contribution in [1.82, 2.24) is 5.32 Å². The van der Waals surface area contributed by atoms with Crippen LogP contribution in [0.4, 0.5) is 4.79 Å². The summed E-state index contributed by atoms with van der Waals surface area (Å²) in [6.07, 6.45) is -1.06. The summed E-state index contributed by atoms with van der Waals surface area (Å²) >= 11 is 0. The van der Waals surface area contributed by atoms with E-state index in [1.54, 1.807) is 20.8 Å². The maximum absolute atomic E-state index is 12.8. The van der Waals surface area contributed by atoms with E-state index >= 15 is 0 Å². The van der Waals surface area contributed by atoms with Crippen LogP contribution in [0.5, 0.6) is 11.5 Å². The highest BCUT2D eigenvalue weighted by Crippen LogP contribution is 2.28. The van der Waals surface area contributed by atoms with Crippen LogP contribution in [-0.4, -0.2) is 62.4 Å². The van der Waals surface area contributed by atoms with Crippen LogP contribution in [0.2, 0.25) is 0 Å². The van der Waals surface area contributed by atoms with Gasteiger partial charge in [0.1, 0.15) is 12.2 Å². The van der Waals surface area contributed by atoms with Gasteiger partial charge >= 0.3 is 18.0 Å². The number of nitrogens with one attached hydrogen (secondary N) is 1. The third-order valence-electron chi connectivity index (χ3n) is 5.81. The highest BCUT2D eigenvalue weighted by Gasteiger charge is 2.32. The molecule has 0 aliphatic carbocycles. The summed E-state index contributed by atoms with van der Waals surface area (Å²) in [5.41, 5.74) is -0.649. The zero-order chi connectivity index (χ0) is 28.3. The molecule has 1 heterocycles. The fraction of sp³-hybridized carbons (Fsp3) is 0.679. The van der Waals surface area contributed by atoms with Crippen LogP contribution in [0, 0.1) is 17.8 Å². The number of alkyl carbamates (subject to hydrolysis) is 1. The Labute approximate surface area is 225 Å². The van der Waals surface area contributed by atoms with Gasteiger partial charge in [-0.15, -0.1) is 0 Å². The van der Waals surface area contributed by atoms with Gasteiger partial charge in [-0.05, 0) is 58.6 Å². The molecule has 0 aromatic heterocycles. The van der Waals surface area contributed by atoms with Gasteiger partial charge in [0.2, 0.25) is 6.29 Å². The van der Waals surface area contributed by atoms with Crippen molar-refractivity contribution < 1.29 is 42.8 Å². The van der Waals surface area contributed by atoms with E-state index in [0.717, 1.165) is 0 Å². The Bertz CT molecular complexity index is 912. The lowest BCUT2D eigenvalue weighted by atomic mass is 9.96. The molecule has 1 aliphatic rings. The number of hydrogen-bond acceptors (Lipinski definition) is 9. The topological polar surface area (TPSA) is 119 Å². The summed E-state index contributed by atoms with van der Waals surface area (Å²) in [4.78, 5) is 37.5. The lowest BCUT2D eigenvalue weighted by Crippen LogP contribution is -2.40. The minimum absolute atomic E-state index is 0.0418. The highest BCUT2D eigenvalue weighted by molar-refractivity contribution is 5.75. The van der Waals surface area contributed by atoms with Crippen LogP contribution in [0.1, 0.15) is 61.3 Å². The van der Waals surface area contributed by atoms with Crippen molar-refractivity contribution in [2.75, 3.05) is 26.4 Å². The summed E-state index contributed by atoms with van der Waals surface area (Å²) in [5.74, 6) is -0.918. The molecule has 38 heavy (non-hydrogen) atoms. The molecule has 1 N–H and O–H groups in total. The van der Waals surface area contributed by atoms with Crippen LogP contribution in [0.3, 0.4) is 0 Å². The number of carbonyl (C=O) groups excluding carboxylic acids is 3. The third-order valence-corrected chi connectivity index (χ3v) is 5.81. The van der Waals surface area contributed by atoms with E-state index in [0.29, 0.717) is 37.6 Å². The molecule has 0 spiro atoms. The standard InChI is InChI=1S/C28H43NO9/c1-8-33-23-11-9-10-12-24(23)35-17-21-15-20(13-14-34-21)25(30)36-19(4)37-26(31)22(18(2)3)16-29-27(32)38-28(5,6)7/h9-12,18-22H,8,13-17H2,1-7H3,(H,29,32). The van der Waals surface area contributed by atoms with Crippen molar-refractivity contribution in [2.45, 2.75) is 79.3 Å². The molecule has 1 aliphatic heterocycles. The number of ether oxygens (including phenoxy) is 6. The van der Waals surface area contributed by atoms with Crippen molar-refractivity contribution in [3.63, 3.8) is 0 Å². The number of hydrogen-bond donors (Lipinski definition) is 1. The van der Waals surface area contributed by atoms with Gasteiger partial charge in [-0.2, -0.15) is 0 Å². The Morgan fingerprint density at radius 2 is 1.71 bits per heavy atom. The molecule has 1 amide bonds. The first kappa shape index (κ1) is 31.2. The van der Waals surface area contributed by atoms with Crippen molar-refractivity contribution in [1.29, 1.82) is 0 Å². The molecular formula is C28H43NO9. The summed E-state index contributed by atoms with van der Waals surface area (Å²) in [6, 6.07) is 7.39. The number of amides is 1. The number of rotatable bonds is 12. The molecule has 0 saturated carbocycles. The lowest BCUT2D eigenvalue weighted by Gasteiger charge is -2.29. The summed E-state index contributed by atoms with van der Waals surface area (Å²) < 4.78 is 33.3. The number of para-hydroxylation sites is 2. The molecule has 2 rings (SSSR count). The third kappa shape index (κ3) is 10.8. The summed E-state index contributed by atoms with van der Waals surface area (Å²) in [7, 11) is 0. The largest absolute Gasteiger partial charge is 0.490 e. The van der Waals surface area contributed by atoms with Crippen molar-refractivity contribution in [3.05, 3.63) is 24.3 Å². The van der Waals surface area contributed by atoms with Gasteiger partial charge in [-0.3, -0.25) is 9.59 Å². The molecule has 1 saturated heterocycles. The van der Waals surface area contributed by atoms with Crippen LogP contribution in [-0.2, 0) is 28.5 Å². The Morgan fingerprint density at radius 3 is 2.32 bits per heavy atom. The van der Waals surface area contributed by atoms with E-state index in [9.17, 15) is 14.4 Å². The van der Waals surface area contributed by atoms with Gasteiger partial charge in [0.25, 0.3) is 0 Å². The maximum Gasteiger partial charge on any atom is 0.407 e. The molecular weight excluding hydrogens is 494 g/mol. The molecule has 10 heteroatoms. The van der Waals surface area contributed by atoms with Crippen molar-refractivity contribution in [3.8, 4) is 11.5 Å². The van der Waals surface area contributed by atoms with Crippen LogP contribution in [0.25, 0.3) is 0 Å². The fourth-order valence-electron chi connectivity index (χ4n) is 3.87. The second-order valence-electron chi connectivity index (χ2n) is 10.6. The zero-order valence-electron chi connectivity index (χ0n) is 23.6. The van der Waals surface area contributed by atoms with E-state index < -0.39 is 41.8 Å². The minimum Gasteiger partial charge on any atom is -0.490 e. The predicted molar refractivity (Wildman–Crippen MR) is 140 cm³/mol. The van der Waals surface area contributed by atoms with E-state index in [2.05, 4.69) is 5.32 Å². The monoisotopic (exact) mass is 537 g/mol. The van der Waals surface area contributed by atoms with E-state index in [1.807, 2.05) is 45.0 Å². The molecule has 0 bridgehead atoms. The Kier molecular flexibility index (Phi) is 12.2. The predicted octanol–water partition coefficient (Wildman–Crippen LogP) is 4.49. The van der Waals surface area contributed by atoms with Gasteiger partial charge in [0.05, 0.1) is 24.5 Å². The Balaban J connectivity index is 1.83. The second-order valence-corrected chi connectivity index (χ2v) is 10.6. The van der Waals surface area contributed by atoms with E-state index in [1.165, 1.54) is 6.92 Å². The number of benzene rings is 1. The first-order valence-electron chi connectivity index (χ1n) is 13.2. The first-order chi connectivity index (χ1) is 17.9. The second kappa shape index (κ2) is 14.8. The molecule has 4 atom stereocenters. The molecule has 214 valence electrons. The van der Waals surface area contributed by atoms with Gasteiger partial charge in [-0.25, -0.2) is 4.79 Å². The van der Waals surface area contributed by atoms with Gasteiger partial charge in [-0.1, -0.05) is 26.0 Å². The SMILES string of the molecule is CCOc1ccccc1OCC1CC(C(=O)OC(C)OC(=O)C(CNC(=O)OC(C)(C)C)C(C)C)CCO1. The van der Waals surface area contributed by atoms with Crippen LogP contribution < -0.4 is 14.8 Å². The Hall–Kier alpha value is -3.01. The maximum atomic E-state index is 12.8. The van der Waals surface area contributed by atoms with Gasteiger partial charge < -0.3 is 33.7 Å². The number of carbonyl (C=O) groups is 3. The van der Waals surface area contributed by atoms with E-state index in [4.69, 9.17) is 28.4 Å². The number of esters is 2. The summed E-state index contributed by atoms with van der Waals surface area (Å²) in [6.45, 7) is 13.6. The average molecular weight is 538 g/mol. The molecule has 4 unspecified atom stereocenters. The first-order valence-corrected chi connectivity index (χ1v) is 13.2. The van der Waals surface area contributed by atoms with E-state index in [-0.39, 0.29) is 25.2 Å². The fourth-order valence-corrected chi connectivity index (χ4v) is 3.87. The normalized spacial score (nSPS) is 19.2. The average Bonchev–Trinajstić information content (AvgIpc) is 2.82. The Morgan fingerprint density at radius 1 is 1.05 bits per heavy atom. The van der Waals surface area contributed by atoms with Gasteiger partial charge in [0.15, 0.2) is 11.5 Å². The lowest BCUT2D eigenvalue weighted by molar-refractivity contribution is -0.193. The quantitative estimate of drug-likeness (QED) is 0.304. The van der Waals surface area contributed by atoms with Crippen molar-refractivity contribution >= 4 is 18.0 Å². The smallest absolute Gasteiger partial charge is 0.407 e. The minimum atomic E-state index is -1.08. The van der Waals surface area contributed by atoms with Gasteiger partial charge in [0, 0.05) is 20.1 Å². The molecule has 1 aromatic carbocycles. The highest BCUT2D eigenvalue weighted by atomic mass is 16.7. The molecule has 1 fully saturated rings. The molecule has 0 radical (unpaired) electrons. The zero-order valence-corrected chi connectivity index (χ0v) is 23.6. The van der Waals surface area contributed by atoms with Crippen molar-refractivity contribution in [2.24, 2.45) is 17.8 Å². The summed E-state index contributed by atoms with van der Waals surface area (Å²) in [5, 5.41) is 2.60. The van der Waals surface area contributed by atoms with Crippen LogP contribution >= 0.6 is 0 Å². The van der Waals surface area contributed by atoms with Crippen LogP contribution in [0.15, 0.2) is 24.3 Å². The molecule has 1 aromatic rings. The molecule has 10 nitrogen and oxygen atoms in total.